The van der Waals surface area contributed by atoms with Crippen LogP contribution in [0.3, 0.4) is 0 Å². The van der Waals surface area contributed by atoms with Crippen LogP contribution >= 0.6 is 0 Å². The average Bonchev–Trinajstić information content (AvgIpc) is 2.19. The zero-order valence-electron chi connectivity index (χ0n) is 8.70. The summed E-state index contributed by atoms with van der Waals surface area (Å²) in [6.45, 7) is 7.66. The smallest absolute Gasteiger partial charge is 0.108 e. The Balaban J connectivity index is 2.96. The van der Waals surface area contributed by atoms with Crippen LogP contribution in [0.5, 0.6) is 0 Å². The Morgan fingerprint density at radius 1 is 1.29 bits per heavy atom. The minimum atomic E-state index is -0.575. The highest BCUT2D eigenvalue weighted by atomic mass is 16.3. The topological polar surface area (TPSA) is 20.2 Å². The summed E-state index contributed by atoms with van der Waals surface area (Å²) in [6, 6.07) is 9.58. The highest BCUT2D eigenvalue weighted by Crippen LogP contribution is 2.25. The van der Waals surface area contributed by atoms with E-state index in [9.17, 15) is 5.11 Å². The lowest BCUT2D eigenvalue weighted by molar-refractivity contribution is 0.204. The van der Waals surface area contributed by atoms with Gasteiger partial charge in [0.25, 0.3) is 0 Å². The molecule has 0 radical (unpaired) electrons. The number of hydrogen-bond donors (Lipinski definition) is 1. The Labute approximate surface area is 85.4 Å². The van der Waals surface area contributed by atoms with E-state index in [0.29, 0.717) is 0 Å². The lowest BCUT2D eigenvalue weighted by Crippen LogP contribution is -2.05. The van der Waals surface area contributed by atoms with Crippen LogP contribution in [0.2, 0.25) is 0 Å². The maximum Gasteiger partial charge on any atom is 0.108 e. The monoisotopic (exact) mass is 188 g/mol. The fraction of sp³-hybridized carbons (Fsp3) is 0.308. The minimum Gasteiger partial charge on any atom is -0.383 e. The lowest BCUT2D eigenvalue weighted by atomic mass is 9.94. The van der Waals surface area contributed by atoms with Gasteiger partial charge in [-0.3, -0.25) is 0 Å². The maximum atomic E-state index is 10.0. The van der Waals surface area contributed by atoms with Crippen LogP contribution in [0.4, 0.5) is 0 Å². The molecule has 0 saturated heterocycles. The first-order chi connectivity index (χ1) is 6.66. The van der Waals surface area contributed by atoms with E-state index in [0.717, 1.165) is 11.1 Å². The molecule has 1 atom stereocenters. The van der Waals surface area contributed by atoms with E-state index in [1.165, 1.54) is 0 Å². The van der Waals surface area contributed by atoms with Gasteiger partial charge in [0.05, 0.1) is 0 Å². The zero-order chi connectivity index (χ0) is 10.6. The van der Waals surface area contributed by atoms with Gasteiger partial charge in [0.15, 0.2) is 0 Å². The third-order valence-corrected chi connectivity index (χ3v) is 2.24. The summed E-state index contributed by atoms with van der Waals surface area (Å²) in [6.07, 6.45) is -0.575. The number of hydrogen-bond acceptors (Lipinski definition) is 1. The van der Waals surface area contributed by atoms with Crippen molar-refractivity contribution < 1.29 is 5.11 Å². The van der Waals surface area contributed by atoms with Gasteiger partial charge in [-0.1, -0.05) is 50.8 Å². The molecule has 0 aliphatic heterocycles. The maximum absolute atomic E-state index is 10.0. The Kier molecular flexibility index (Phi) is 3.70. The molecule has 0 heterocycles. The lowest BCUT2D eigenvalue weighted by Gasteiger charge is -2.16. The van der Waals surface area contributed by atoms with Gasteiger partial charge in [0.1, 0.15) is 6.10 Å². The third-order valence-electron chi connectivity index (χ3n) is 2.24. The van der Waals surface area contributed by atoms with Crippen LogP contribution < -0.4 is 0 Å². The summed E-state index contributed by atoms with van der Waals surface area (Å²) in [5.74, 6) is 0.266. The van der Waals surface area contributed by atoms with E-state index in [1.807, 2.05) is 44.2 Å². The second kappa shape index (κ2) is 4.80. The summed E-state index contributed by atoms with van der Waals surface area (Å²) < 4.78 is 0. The largest absolute Gasteiger partial charge is 0.383 e. The number of rotatable bonds is 3. The number of benzene rings is 1. The van der Waals surface area contributed by atoms with Gasteiger partial charge >= 0.3 is 0 Å². The van der Waals surface area contributed by atoms with Crippen LogP contribution in [0.1, 0.15) is 25.5 Å². The standard InChI is InChI=1S/C13H16O/c1-4-12(10(2)3)13(14)11-8-6-5-7-9-11/h5-10,13-14H,1H2,2-3H3/t13-/m1/s1. The van der Waals surface area contributed by atoms with E-state index >= 15 is 0 Å². The molecule has 0 saturated carbocycles. The van der Waals surface area contributed by atoms with Crippen molar-refractivity contribution in [2.75, 3.05) is 0 Å². The highest BCUT2D eigenvalue weighted by molar-refractivity contribution is 5.26. The predicted octanol–water partition coefficient (Wildman–Crippen LogP) is 3.09. The fourth-order valence-corrected chi connectivity index (χ4v) is 1.43. The minimum absolute atomic E-state index is 0.266. The molecular formula is C13H16O. The summed E-state index contributed by atoms with van der Waals surface area (Å²) >= 11 is 0. The molecule has 1 nitrogen and oxygen atoms in total. The SMILES string of the molecule is C=C=C(C(C)C)[C@H](O)c1ccccc1. The first kappa shape index (κ1) is 10.8. The van der Waals surface area contributed by atoms with Gasteiger partial charge in [-0.05, 0) is 11.5 Å². The van der Waals surface area contributed by atoms with E-state index in [4.69, 9.17) is 0 Å². The molecule has 0 bridgehead atoms. The van der Waals surface area contributed by atoms with Crippen molar-refractivity contribution in [2.24, 2.45) is 5.92 Å². The van der Waals surface area contributed by atoms with Gasteiger partial charge in [-0.15, -0.1) is 5.73 Å². The number of aliphatic hydroxyl groups excluding tert-OH is 1. The van der Waals surface area contributed by atoms with E-state index in [-0.39, 0.29) is 5.92 Å². The van der Waals surface area contributed by atoms with E-state index in [1.54, 1.807) is 0 Å². The molecule has 0 unspecified atom stereocenters. The van der Waals surface area contributed by atoms with Crippen LogP contribution in [0.15, 0.2) is 48.2 Å². The van der Waals surface area contributed by atoms with E-state index in [2.05, 4.69) is 12.3 Å². The average molecular weight is 188 g/mol. The molecule has 1 aromatic rings. The van der Waals surface area contributed by atoms with Crippen molar-refractivity contribution in [3.63, 3.8) is 0 Å². The molecule has 1 rings (SSSR count). The molecule has 0 aliphatic carbocycles. The van der Waals surface area contributed by atoms with Crippen molar-refractivity contribution >= 4 is 0 Å². The normalized spacial score (nSPS) is 12.3. The quantitative estimate of drug-likeness (QED) is 0.723. The van der Waals surface area contributed by atoms with Crippen molar-refractivity contribution in [1.29, 1.82) is 0 Å². The molecule has 0 fully saturated rings. The molecule has 0 amide bonds. The van der Waals surface area contributed by atoms with Crippen molar-refractivity contribution in [3.8, 4) is 0 Å². The summed E-state index contributed by atoms with van der Waals surface area (Å²) in [7, 11) is 0. The zero-order valence-corrected chi connectivity index (χ0v) is 8.70. The third kappa shape index (κ3) is 2.35. The molecule has 0 spiro atoms. The Bertz CT molecular complexity index is 332. The fourth-order valence-electron chi connectivity index (χ4n) is 1.43. The summed E-state index contributed by atoms with van der Waals surface area (Å²) in [5, 5.41) is 10.0. The molecular weight excluding hydrogens is 172 g/mol. The van der Waals surface area contributed by atoms with Crippen molar-refractivity contribution in [2.45, 2.75) is 20.0 Å². The summed E-state index contributed by atoms with van der Waals surface area (Å²) in [5.41, 5.74) is 4.56. The molecule has 1 N–H and O–H groups in total. The van der Waals surface area contributed by atoms with Gasteiger partial charge in [0.2, 0.25) is 0 Å². The van der Waals surface area contributed by atoms with Gasteiger partial charge in [0, 0.05) is 5.57 Å². The second-order valence-electron chi connectivity index (χ2n) is 3.60. The predicted molar refractivity (Wildman–Crippen MR) is 58.9 cm³/mol. The second-order valence-corrected chi connectivity index (χ2v) is 3.60. The Morgan fingerprint density at radius 2 is 1.86 bits per heavy atom. The van der Waals surface area contributed by atoms with Crippen LogP contribution in [-0.4, -0.2) is 5.11 Å². The molecule has 0 aromatic heterocycles. The first-order valence-corrected chi connectivity index (χ1v) is 4.79. The summed E-state index contributed by atoms with van der Waals surface area (Å²) in [4.78, 5) is 0. The van der Waals surface area contributed by atoms with Gasteiger partial charge in [-0.2, -0.15) is 0 Å². The first-order valence-electron chi connectivity index (χ1n) is 4.79. The number of aliphatic hydroxyl groups is 1. The van der Waals surface area contributed by atoms with Crippen molar-refractivity contribution in [1.82, 2.24) is 0 Å². The van der Waals surface area contributed by atoms with Gasteiger partial charge < -0.3 is 5.11 Å². The van der Waals surface area contributed by atoms with E-state index < -0.39 is 6.10 Å². The van der Waals surface area contributed by atoms with Crippen LogP contribution in [-0.2, 0) is 0 Å². The van der Waals surface area contributed by atoms with Crippen molar-refractivity contribution in [3.05, 3.63) is 53.8 Å². The Morgan fingerprint density at radius 3 is 2.29 bits per heavy atom. The van der Waals surface area contributed by atoms with Crippen LogP contribution in [0, 0.1) is 5.92 Å². The molecule has 14 heavy (non-hydrogen) atoms. The molecule has 1 aromatic carbocycles. The highest BCUT2D eigenvalue weighted by Gasteiger charge is 2.15. The molecule has 0 aliphatic rings. The Hall–Kier alpha value is -1.30. The van der Waals surface area contributed by atoms with Crippen LogP contribution in [0.25, 0.3) is 0 Å². The van der Waals surface area contributed by atoms with Gasteiger partial charge in [-0.25, -0.2) is 0 Å². The molecule has 74 valence electrons. The molecule has 1 heteroatoms.